The Labute approximate surface area is 177 Å². The zero-order valence-electron chi connectivity index (χ0n) is 16.7. The van der Waals surface area contributed by atoms with E-state index in [2.05, 4.69) is 4.72 Å². The first-order chi connectivity index (χ1) is 14.4. The molecule has 6 heteroatoms. The zero-order valence-corrected chi connectivity index (χ0v) is 17.5. The van der Waals surface area contributed by atoms with Gasteiger partial charge >= 0.3 is 0 Å². The molecule has 0 unspecified atom stereocenters. The molecule has 0 heterocycles. The monoisotopic (exact) mass is 423 g/mol. The van der Waals surface area contributed by atoms with Crippen LogP contribution in [-0.2, 0) is 10.0 Å². The standard InChI is InChI=1S/C24H25NO4S/c1-19-7-5-10-23(17-19)29-16-15-22(26)14-13-20-8-6-9-21(18-20)25-30(27,28)24-11-3-2-4-12-24/h2-14,17-18,22,25-26H,15-16H2,1H3/b14-13+/t22-/m0/s1. The summed E-state index contributed by atoms with van der Waals surface area (Å²) in [5.41, 5.74) is 2.36. The van der Waals surface area contributed by atoms with Crippen molar-refractivity contribution in [2.45, 2.75) is 24.3 Å². The fourth-order valence-electron chi connectivity index (χ4n) is 2.84. The number of ether oxygens (including phenoxy) is 1. The van der Waals surface area contributed by atoms with Crippen LogP contribution in [0, 0.1) is 6.92 Å². The summed E-state index contributed by atoms with van der Waals surface area (Å²) in [6.07, 6.45) is 3.21. The smallest absolute Gasteiger partial charge is 0.261 e. The maximum Gasteiger partial charge on any atom is 0.261 e. The summed E-state index contributed by atoms with van der Waals surface area (Å²) >= 11 is 0. The van der Waals surface area contributed by atoms with E-state index in [1.54, 1.807) is 60.7 Å². The molecule has 0 aliphatic carbocycles. The van der Waals surface area contributed by atoms with Gasteiger partial charge in [0.2, 0.25) is 0 Å². The van der Waals surface area contributed by atoms with E-state index in [0.29, 0.717) is 18.7 Å². The number of benzene rings is 3. The van der Waals surface area contributed by atoms with E-state index in [9.17, 15) is 13.5 Å². The Bertz CT molecular complexity index is 1090. The van der Waals surface area contributed by atoms with E-state index in [1.165, 1.54) is 0 Å². The molecule has 1 atom stereocenters. The Balaban J connectivity index is 1.55. The third-order valence-corrected chi connectivity index (χ3v) is 5.77. The van der Waals surface area contributed by atoms with Crippen molar-refractivity contribution in [2.24, 2.45) is 0 Å². The Kier molecular flexibility index (Phi) is 7.27. The van der Waals surface area contributed by atoms with Gasteiger partial charge in [-0.25, -0.2) is 8.42 Å². The Hall–Kier alpha value is -3.09. The molecule has 0 saturated carbocycles. The lowest BCUT2D eigenvalue weighted by Crippen LogP contribution is -2.12. The molecule has 0 aliphatic heterocycles. The third kappa shape index (κ3) is 6.47. The second-order valence-corrected chi connectivity index (χ2v) is 8.61. The molecule has 3 aromatic carbocycles. The number of aliphatic hydroxyl groups excluding tert-OH is 1. The number of nitrogens with one attached hydrogen (secondary N) is 1. The molecule has 156 valence electrons. The van der Waals surface area contributed by atoms with Crippen LogP contribution in [0.4, 0.5) is 5.69 Å². The topological polar surface area (TPSA) is 75.6 Å². The molecule has 0 aliphatic rings. The number of aryl methyl sites for hydroxylation is 1. The van der Waals surface area contributed by atoms with E-state index in [-0.39, 0.29) is 4.90 Å². The lowest BCUT2D eigenvalue weighted by atomic mass is 10.1. The van der Waals surface area contributed by atoms with Crippen molar-refractivity contribution in [2.75, 3.05) is 11.3 Å². The predicted molar refractivity (Wildman–Crippen MR) is 120 cm³/mol. The van der Waals surface area contributed by atoms with Gasteiger partial charge in [-0.05, 0) is 54.4 Å². The number of hydrogen-bond acceptors (Lipinski definition) is 4. The molecular weight excluding hydrogens is 398 g/mol. The highest BCUT2D eigenvalue weighted by Crippen LogP contribution is 2.18. The Morgan fingerprint density at radius 2 is 1.77 bits per heavy atom. The van der Waals surface area contributed by atoms with Gasteiger partial charge in [0, 0.05) is 12.1 Å². The molecule has 3 aromatic rings. The highest BCUT2D eigenvalue weighted by atomic mass is 32.2. The van der Waals surface area contributed by atoms with Crippen molar-refractivity contribution in [3.05, 3.63) is 96.1 Å². The van der Waals surface area contributed by atoms with Gasteiger partial charge in [0.25, 0.3) is 10.0 Å². The fraction of sp³-hybridized carbons (Fsp3) is 0.167. The minimum absolute atomic E-state index is 0.204. The molecule has 3 rings (SSSR count). The van der Waals surface area contributed by atoms with Crippen molar-refractivity contribution >= 4 is 21.8 Å². The molecule has 0 fully saturated rings. The minimum atomic E-state index is -3.64. The molecule has 0 spiro atoms. The van der Waals surface area contributed by atoms with Gasteiger partial charge in [-0.3, -0.25) is 4.72 Å². The van der Waals surface area contributed by atoms with Crippen molar-refractivity contribution in [3.63, 3.8) is 0 Å². The highest BCUT2D eigenvalue weighted by molar-refractivity contribution is 7.92. The number of hydrogen-bond donors (Lipinski definition) is 2. The van der Waals surface area contributed by atoms with E-state index >= 15 is 0 Å². The van der Waals surface area contributed by atoms with Crippen LogP contribution in [0.5, 0.6) is 5.75 Å². The molecule has 30 heavy (non-hydrogen) atoms. The van der Waals surface area contributed by atoms with Crippen molar-refractivity contribution in [1.82, 2.24) is 0 Å². The van der Waals surface area contributed by atoms with Crippen LogP contribution < -0.4 is 9.46 Å². The minimum Gasteiger partial charge on any atom is -0.493 e. The zero-order chi connectivity index (χ0) is 21.4. The van der Waals surface area contributed by atoms with Gasteiger partial charge in [0.05, 0.1) is 17.6 Å². The fourth-order valence-corrected chi connectivity index (χ4v) is 3.91. The van der Waals surface area contributed by atoms with Crippen LogP contribution in [-0.4, -0.2) is 26.2 Å². The summed E-state index contributed by atoms with van der Waals surface area (Å²) in [7, 11) is -3.64. The van der Waals surface area contributed by atoms with Crippen LogP contribution in [0.1, 0.15) is 17.5 Å². The van der Waals surface area contributed by atoms with E-state index in [4.69, 9.17) is 4.74 Å². The van der Waals surface area contributed by atoms with Gasteiger partial charge in [-0.2, -0.15) is 0 Å². The van der Waals surface area contributed by atoms with Crippen LogP contribution in [0.2, 0.25) is 0 Å². The highest BCUT2D eigenvalue weighted by Gasteiger charge is 2.13. The summed E-state index contributed by atoms with van der Waals surface area (Å²) in [5.74, 6) is 0.782. The lowest BCUT2D eigenvalue weighted by molar-refractivity contribution is 0.179. The Morgan fingerprint density at radius 1 is 1.00 bits per heavy atom. The number of anilines is 1. The average molecular weight is 424 g/mol. The first-order valence-electron chi connectivity index (χ1n) is 9.66. The molecule has 0 bridgehead atoms. The van der Waals surface area contributed by atoms with Crippen LogP contribution in [0.3, 0.4) is 0 Å². The average Bonchev–Trinajstić information content (AvgIpc) is 2.73. The van der Waals surface area contributed by atoms with E-state index in [1.807, 2.05) is 37.3 Å². The third-order valence-electron chi connectivity index (χ3n) is 4.38. The quantitative estimate of drug-likeness (QED) is 0.526. The van der Waals surface area contributed by atoms with Crippen LogP contribution >= 0.6 is 0 Å². The van der Waals surface area contributed by atoms with Gasteiger partial charge in [-0.1, -0.05) is 54.6 Å². The summed E-state index contributed by atoms with van der Waals surface area (Å²) in [6.45, 7) is 2.39. The van der Waals surface area contributed by atoms with E-state index < -0.39 is 16.1 Å². The summed E-state index contributed by atoms with van der Waals surface area (Å²) in [4.78, 5) is 0.204. The predicted octanol–water partition coefficient (Wildman–Crippen LogP) is 4.64. The van der Waals surface area contributed by atoms with Crippen LogP contribution in [0.25, 0.3) is 6.08 Å². The van der Waals surface area contributed by atoms with Crippen molar-refractivity contribution in [3.8, 4) is 5.75 Å². The van der Waals surface area contributed by atoms with E-state index in [0.717, 1.165) is 16.9 Å². The second-order valence-electron chi connectivity index (χ2n) is 6.92. The number of sulfonamides is 1. The molecule has 2 N–H and O–H groups in total. The van der Waals surface area contributed by atoms with Gasteiger partial charge < -0.3 is 9.84 Å². The van der Waals surface area contributed by atoms with Crippen molar-refractivity contribution < 1.29 is 18.3 Å². The first-order valence-corrected chi connectivity index (χ1v) is 11.1. The van der Waals surface area contributed by atoms with Gasteiger partial charge in [0.15, 0.2) is 0 Å². The molecule has 0 amide bonds. The largest absolute Gasteiger partial charge is 0.493 e. The lowest BCUT2D eigenvalue weighted by Gasteiger charge is -2.10. The molecule has 5 nitrogen and oxygen atoms in total. The summed E-state index contributed by atoms with van der Waals surface area (Å²) in [6, 6.07) is 23.0. The Morgan fingerprint density at radius 3 is 2.53 bits per heavy atom. The summed E-state index contributed by atoms with van der Waals surface area (Å²) in [5, 5.41) is 10.2. The van der Waals surface area contributed by atoms with Gasteiger partial charge in [-0.15, -0.1) is 0 Å². The normalized spacial score (nSPS) is 12.6. The molecule has 0 aromatic heterocycles. The maximum absolute atomic E-state index is 12.5. The number of rotatable bonds is 9. The van der Waals surface area contributed by atoms with Crippen molar-refractivity contribution in [1.29, 1.82) is 0 Å². The molecule has 0 saturated heterocycles. The van der Waals surface area contributed by atoms with Crippen LogP contribution in [0.15, 0.2) is 89.8 Å². The molecular formula is C24H25NO4S. The first kappa shape index (κ1) is 21.6. The second kappa shape index (κ2) is 10.1. The summed E-state index contributed by atoms with van der Waals surface area (Å²) < 4.78 is 33.1. The maximum atomic E-state index is 12.5. The number of aliphatic hydroxyl groups is 1. The SMILES string of the molecule is Cc1cccc(OCC[C@@H](O)/C=C/c2cccc(NS(=O)(=O)c3ccccc3)c2)c1. The molecule has 0 radical (unpaired) electrons. The van der Waals surface area contributed by atoms with Gasteiger partial charge in [0.1, 0.15) is 5.75 Å².